The van der Waals surface area contributed by atoms with Crippen molar-refractivity contribution in [3.8, 4) is 11.5 Å². The summed E-state index contributed by atoms with van der Waals surface area (Å²) >= 11 is 0. The minimum Gasteiger partial charge on any atom is -0.491 e. The molecule has 4 heteroatoms. The molecule has 3 atom stereocenters. The van der Waals surface area contributed by atoms with Gasteiger partial charge >= 0.3 is 0 Å². The lowest BCUT2D eigenvalue weighted by Crippen LogP contribution is -2.40. The molecule has 0 radical (unpaired) electrons. The Morgan fingerprint density at radius 3 is 2.36 bits per heavy atom. The minimum atomic E-state index is -0.616. The molecule has 0 aliphatic carbocycles. The third kappa shape index (κ3) is 4.53. The smallest absolute Gasteiger partial charge is 0.123 e. The maximum absolute atomic E-state index is 10.4. The van der Waals surface area contributed by atoms with E-state index >= 15 is 0 Å². The minimum absolute atomic E-state index is 0.0120. The molecule has 1 aliphatic rings. The van der Waals surface area contributed by atoms with E-state index < -0.39 is 6.10 Å². The molecule has 144 valence electrons. The Morgan fingerprint density at radius 1 is 0.929 bits per heavy atom. The first-order chi connectivity index (χ1) is 13.8. The molecule has 3 aromatic rings. The first-order valence-electron chi connectivity index (χ1n) is 9.68. The van der Waals surface area contributed by atoms with Gasteiger partial charge in [0.1, 0.15) is 30.3 Å². The number of aliphatic hydroxyl groups excluding tert-OH is 1. The summed E-state index contributed by atoms with van der Waals surface area (Å²) in [5.74, 6) is 1.71. The first-order valence-corrected chi connectivity index (χ1v) is 9.68. The van der Waals surface area contributed by atoms with E-state index in [4.69, 9.17) is 9.47 Å². The number of hydrogen-bond donors (Lipinski definition) is 2. The van der Waals surface area contributed by atoms with Crippen LogP contribution in [0.1, 0.15) is 17.2 Å². The third-order valence-electron chi connectivity index (χ3n) is 4.96. The fourth-order valence-corrected chi connectivity index (χ4v) is 3.55. The van der Waals surface area contributed by atoms with Gasteiger partial charge in [0.25, 0.3) is 0 Å². The van der Waals surface area contributed by atoms with Crippen LogP contribution in [0.2, 0.25) is 0 Å². The number of nitrogens with one attached hydrogen (secondary N) is 1. The zero-order chi connectivity index (χ0) is 19.2. The Kier molecular flexibility index (Phi) is 5.90. The summed E-state index contributed by atoms with van der Waals surface area (Å²) in [6.45, 7) is 0.660. The van der Waals surface area contributed by atoms with Crippen molar-refractivity contribution in [2.45, 2.75) is 24.7 Å². The average molecular weight is 375 g/mol. The number of fused-ring (bicyclic) bond motifs is 1. The molecule has 28 heavy (non-hydrogen) atoms. The van der Waals surface area contributed by atoms with Crippen LogP contribution in [0.15, 0.2) is 84.9 Å². The van der Waals surface area contributed by atoms with Gasteiger partial charge in [-0.1, -0.05) is 66.7 Å². The average Bonchev–Trinajstić information content (AvgIpc) is 3.18. The van der Waals surface area contributed by atoms with Gasteiger partial charge in [0.15, 0.2) is 0 Å². The number of rotatable bonds is 8. The third-order valence-corrected chi connectivity index (χ3v) is 4.96. The molecule has 0 fully saturated rings. The molecule has 2 N–H and O–H groups in total. The van der Waals surface area contributed by atoms with Crippen molar-refractivity contribution in [2.75, 3.05) is 13.2 Å². The number of hydrogen-bond acceptors (Lipinski definition) is 4. The highest BCUT2D eigenvalue weighted by atomic mass is 16.5. The molecule has 1 heterocycles. The zero-order valence-corrected chi connectivity index (χ0v) is 15.7. The molecular weight excluding hydrogens is 350 g/mol. The van der Waals surface area contributed by atoms with Crippen LogP contribution in [-0.4, -0.2) is 30.5 Å². The summed E-state index contributed by atoms with van der Waals surface area (Å²) < 4.78 is 11.9. The fourth-order valence-electron chi connectivity index (χ4n) is 3.55. The van der Waals surface area contributed by atoms with Gasteiger partial charge in [-0.05, 0) is 29.3 Å². The van der Waals surface area contributed by atoms with Crippen LogP contribution in [0.5, 0.6) is 11.5 Å². The van der Waals surface area contributed by atoms with Gasteiger partial charge in [-0.2, -0.15) is 0 Å². The summed E-state index contributed by atoms with van der Waals surface area (Å²) in [6.07, 6.45) is 0.219. The van der Waals surface area contributed by atoms with Gasteiger partial charge < -0.3 is 19.9 Å². The summed E-state index contributed by atoms with van der Waals surface area (Å²) in [5, 5.41) is 13.9. The van der Waals surface area contributed by atoms with E-state index in [2.05, 4.69) is 23.5 Å². The predicted octanol–water partition coefficient (Wildman–Crippen LogP) is 3.76. The summed E-state index contributed by atoms with van der Waals surface area (Å²) in [6, 6.07) is 27.9. The van der Waals surface area contributed by atoms with Crippen molar-refractivity contribution >= 4 is 0 Å². The Hall–Kier alpha value is -2.82. The molecule has 0 saturated carbocycles. The molecule has 3 aromatic carbocycles. The molecule has 0 saturated heterocycles. The van der Waals surface area contributed by atoms with Crippen LogP contribution in [0, 0.1) is 0 Å². The van der Waals surface area contributed by atoms with Crippen LogP contribution in [0.4, 0.5) is 0 Å². The number of aliphatic hydroxyl groups is 1. The Labute approximate surface area is 165 Å². The molecular formula is C24H25NO3. The van der Waals surface area contributed by atoms with E-state index in [0.717, 1.165) is 23.5 Å². The van der Waals surface area contributed by atoms with E-state index in [1.54, 1.807) is 0 Å². The molecule has 0 aromatic heterocycles. The first kappa shape index (κ1) is 18.5. The fraction of sp³-hybridized carbons (Fsp3) is 0.250. The molecule has 4 nitrogen and oxygen atoms in total. The van der Waals surface area contributed by atoms with Crippen molar-refractivity contribution in [1.29, 1.82) is 0 Å². The van der Waals surface area contributed by atoms with Gasteiger partial charge in [-0.25, -0.2) is 0 Å². The van der Waals surface area contributed by atoms with Gasteiger partial charge in [0, 0.05) is 13.0 Å². The van der Waals surface area contributed by atoms with Gasteiger partial charge in [-0.3, -0.25) is 0 Å². The van der Waals surface area contributed by atoms with E-state index in [-0.39, 0.29) is 18.8 Å². The Balaban J connectivity index is 1.39. The van der Waals surface area contributed by atoms with Crippen molar-refractivity contribution in [1.82, 2.24) is 5.32 Å². The zero-order valence-electron chi connectivity index (χ0n) is 15.7. The summed E-state index contributed by atoms with van der Waals surface area (Å²) in [7, 11) is 0. The SMILES string of the molecule is OC(CNC(c1ccccc1)C1Cc2ccccc2O1)COc1ccccc1. The molecule has 0 amide bonds. The van der Waals surface area contributed by atoms with Crippen molar-refractivity contribution in [3.05, 3.63) is 96.1 Å². The highest BCUT2D eigenvalue weighted by Crippen LogP contribution is 2.34. The highest BCUT2D eigenvalue weighted by Gasteiger charge is 2.31. The number of para-hydroxylation sites is 2. The van der Waals surface area contributed by atoms with E-state index in [1.807, 2.05) is 66.7 Å². The van der Waals surface area contributed by atoms with Crippen LogP contribution >= 0.6 is 0 Å². The second-order valence-electron chi connectivity index (χ2n) is 7.04. The standard InChI is InChI=1S/C24H25NO3/c26-20(17-27-21-12-5-2-6-13-21)16-25-24(18-9-3-1-4-10-18)23-15-19-11-7-8-14-22(19)28-23/h1-14,20,23-26H,15-17H2. The molecule has 1 aliphatic heterocycles. The van der Waals surface area contributed by atoms with E-state index in [1.165, 1.54) is 5.56 Å². The van der Waals surface area contributed by atoms with Crippen molar-refractivity contribution in [3.63, 3.8) is 0 Å². The van der Waals surface area contributed by atoms with Gasteiger partial charge in [0.05, 0.1) is 6.04 Å². The van der Waals surface area contributed by atoms with E-state index in [9.17, 15) is 5.11 Å². The lowest BCUT2D eigenvalue weighted by atomic mass is 9.97. The predicted molar refractivity (Wildman–Crippen MR) is 110 cm³/mol. The van der Waals surface area contributed by atoms with Crippen molar-refractivity contribution < 1.29 is 14.6 Å². The van der Waals surface area contributed by atoms with Gasteiger partial charge in [-0.15, -0.1) is 0 Å². The van der Waals surface area contributed by atoms with Crippen molar-refractivity contribution in [2.24, 2.45) is 0 Å². The van der Waals surface area contributed by atoms with Crippen LogP contribution < -0.4 is 14.8 Å². The molecule has 3 unspecified atom stereocenters. The highest BCUT2D eigenvalue weighted by molar-refractivity contribution is 5.38. The van der Waals surface area contributed by atoms with Crippen LogP contribution in [-0.2, 0) is 6.42 Å². The topological polar surface area (TPSA) is 50.7 Å². The van der Waals surface area contributed by atoms with Gasteiger partial charge in [0.2, 0.25) is 0 Å². The lowest BCUT2D eigenvalue weighted by molar-refractivity contribution is 0.0941. The molecule has 4 rings (SSSR count). The molecule has 0 bridgehead atoms. The quantitative estimate of drug-likeness (QED) is 0.629. The maximum Gasteiger partial charge on any atom is 0.123 e. The lowest BCUT2D eigenvalue weighted by Gasteiger charge is -2.26. The largest absolute Gasteiger partial charge is 0.491 e. The maximum atomic E-state index is 10.4. The summed E-state index contributed by atoms with van der Waals surface area (Å²) in [5.41, 5.74) is 2.37. The number of benzene rings is 3. The normalized spacial score (nSPS) is 17.4. The second kappa shape index (κ2) is 8.91. The number of ether oxygens (including phenoxy) is 2. The van der Waals surface area contributed by atoms with Crippen LogP contribution in [0.25, 0.3) is 0 Å². The Bertz CT molecular complexity index is 844. The molecule has 0 spiro atoms. The monoisotopic (exact) mass is 375 g/mol. The second-order valence-corrected chi connectivity index (χ2v) is 7.04. The van der Waals surface area contributed by atoms with Crippen LogP contribution in [0.3, 0.4) is 0 Å². The van der Waals surface area contributed by atoms with E-state index in [0.29, 0.717) is 6.54 Å². The summed E-state index contributed by atoms with van der Waals surface area (Å²) in [4.78, 5) is 0. The Morgan fingerprint density at radius 2 is 1.61 bits per heavy atom.